The van der Waals surface area contributed by atoms with E-state index >= 15 is 0 Å². The summed E-state index contributed by atoms with van der Waals surface area (Å²) in [5, 5.41) is 0. The number of hydrogen-bond acceptors (Lipinski definition) is 3. The van der Waals surface area contributed by atoms with Gasteiger partial charge in [-0.05, 0) is 42.5 Å². The SMILES string of the molecule is CONC1CCCc2cc(-n3cnc(C(F)(F)F)c3)ccc21. The van der Waals surface area contributed by atoms with Crippen molar-refractivity contribution in [3.8, 4) is 5.69 Å². The van der Waals surface area contributed by atoms with Crippen LogP contribution in [0.25, 0.3) is 5.69 Å². The fourth-order valence-electron chi connectivity index (χ4n) is 2.84. The Kier molecular flexibility index (Phi) is 3.92. The Morgan fingerprint density at radius 3 is 2.86 bits per heavy atom. The first kappa shape index (κ1) is 15.1. The predicted molar refractivity (Wildman–Crippen MR) is 74.4 cm³/mol. The monoisotopic (exact) mass is 311 g/mol. The zero-order chi connectivity index (χ0) is 15.7. The van der Waals surface area contributed by atoms with E-state index in [0.29, 0.717) is 5.69 Å². The summed E-state index contributed by atoms with van der Waals surface area (Å²) < 4.78 is 39.3. The third-order valence-corrected chi connectivity index (χ3v) is 3.87. The lowest BCUT2D eigenvalue weighted by Crippen LogP contribution is -2.24. The number of benzene rings is 1. The molecule has 0 spiro atoms. The van der Waals surface area contributed by atoms with E-state index < -0.39 is 11.9 Å². The lowest BCUT2D eigenvalue weighted by atomic mass is 9.88. The molecular formula is C15H16F3N3O. The fourth-order valence-corrected chi connectivity index (χ4v) is 2.84. The molecular weight excluding hydrogens is 295 g/mol. The number of rotatable bonds is 3. The zero-order valence-electron chi connectivity index (χ0n) is 12.0. The Labute approximate surface area is 125 Å². The van der Waals surface area contributed by atoms with Crippen molar-refractivity contribution in [1.29, 1.82) is 0 Å². The van der Waals surface area contributed by atoms with Crippen LogP contribution >= 0.6 is 0 Å². The summed E-state index contributed by atoms with van der Waals surface area (Å²) >= 11 is 0. The summed E-state index contributed by atoms with van der Waals surface area (Å²) in [4.78, 5) is 8.43. The average molecular weight is 311 g/mol. The second-order valence-electron chi connectivity index (χ2n) is 5.31. The van der Waals surface area contributed by atoms with Gasteiger partial charge in [0.05, 0.1) is 19.5 Å². The molecule has 3 rings (SSSR count). The number of nitrogens with one attached hydrogen (secondary N) is 1. The summed E-state index contributed by atoms with van der Waals surface area (Å²) in [5.41, 5.74) is 5.01. The number of imidazole rings is 1. The second kappa shape index (κ2) is 5.73. The molecule has 1 aliphatic rings. The summed E-state index contributed by atoms with van der Waals surface area (Å²) in [6.07, 6.45) is 0.672. The smallest absolute Gasteiger partial charge is 0.306 e. The van der Waals surface area contributed by atoms with Gasteiger partial charge in [-0.2, -0.15) is 18.7 Å². The van der Waals surface area contributed by atoms with Crippen LogP contribution in [0, 0.1) is 0 Å². The quantitative estimate of drug-likeness (QED) is 0.883. The lowest BCUT2D eigenvalue weighted by Gasteiger charge is -2.26. The van der Waals surface area contributed by atoms with Gasteiger partial charge in [-0.3, -0.25) is 0 Å². The molecule has 0 amide bonds. The van der Waals surface area contributed by atoms with E-state index in [4.69, 9.17) is 4.84 Å². The standard InChI is InChI=1S/C15H16F3N3O/c1-22-20-13-4-2-3-10-7-11(5-6-12(10)13)21-8-14(19-9-21)15(16,17)18/h5-9,13,20H,2-4H2,1H3. The molecule has 0 radical (unpaired) electrons. The van der Waals surface area contributed by atoms with Crippen molar-refractivity contribution < 1.29 is 18.0 Å². The molecule has 0 fully saturated rings. The first-order valence-electron chi connectivity index (χ1n) is 7.02. The highest BCUT2D eigenvalue weighted by Crippen LogP contribution is 2.32. The van der Waals surface area contributed by atoms with Crippen molar-refractivity contribution in [2.45, 2.75) is 31.5 Å². The van der Waals surface area contributed by atoms with Gasteiger partial charge in [-0.25, -0.2) is 4.98 Å². The van der Waals surface area contributed by atoms with Gasteiger partial charge in [-0.15, -0.1) is 0 Å². The number of hydroxylamine groups is 1. The van der Waals surface area contributed by atoms with Crippen molar-refractivity contribution in [2.24, 2.45) is 0 Å². The van der Waals surface area contributed by atoms with Gasteiger partial charge in [0, 0.05) is 11.9 Å². The number of nitrogens with zero attached hydrogens (tertiary/aromatic N) is 2. The van der Waals surface area contributed by atoms with Crippen LogP contribution in [0.5, 0.6) is 0 Å². The third-order valence-electron chi connectivity index (χ3n) is 3.87. The van der Waals surface area contributed by atoms with E-state index in [0.717, 1.165) is 36.6 Å². The van der Waals surface area contributed by atoms with Gasteiger partial charge in [0.2, 0.25) is 0 Å². The number of hydrogen-bond donors (Lipinski definition) is 1. The highest BCUT2D eigenvalue weighted by molar-refractivity contribution is 5.43. The van der Waals surface area contributed by atoms with E-state index in [2.05, 4.69) is 10.5 Å². The van der Waals surface area contributed by atoms with Gasteiger partial charge in [0.15, 0.2) is 5.69 Å². The first-order chi connectivity index (χ1) is 10.5. The van der Waals surface area contributed by atoms with Crippen LogP contribution in [0.3, 0.4) is 0 Å². The zero-order valence-corrected chi connectivity index (χ0v) is 12.0. The summed E-state index contributed by atoms with van der Waals surface area (Å²) in [7, 11) is 1.58. The third kappa shape index (κ3) is 2.86. The molecule has 118 valence electrons. The minimum absolute atomic E-state index is 0.122. The van der Waals surface area contributed by atoms with Crippen LogP contribution in [0.1, 0.15) is 35.7 Å². The van der Waals surface area contributed by atoms with Crippen molar-refractivity contribution in [3.05, 3.63) is 47.5 Å². The van der Waals surface area contributed by atoms with Crippen LogP contribution in [-0.2, 0) is 17.4 Å². The molecule has 1 N–H and O–H groups in total. The fraction of sp³-hybridized carbons (Fsp3) is 0.400. The second-order valence-corrected chi connectivity index (χ2v) is 5.31. The van der Waals surface area contributed by atoms with Gasteiger partial charge in [-0.1, -0.05) is 6.07 Å². The summed E-state index contributed by atoms with van der Waals surface area (Å²) in [6.45, 7) is 0. The van der Waals surface area contributed by atoms with Crippen LogP contribution in [0.15, 0.2) is 30.7 Å². The van der Waals surface area contributed by atoms with E-state index in [9.17, 15) is 13.2 Å². The van der Waals surface area contributed by atoms with Crippen LogP contribution in [-0.4, -0.2) is 16.7 Å². The lowest BCUT2D eigenvalue weighted by molar-refractivity contribution is -0.140. The maximum atomic E-state index is 12.6. The maximum absolute atomic E-state index is 12.6. The highest BCUT2D eigenvalue weighted by atomic mass is 19.4. The molecule has 1 aromatic heterocycles. The highest BCUT2D eigenvalue weighted by Gasteiger charge is 2.33. The summed E-state index contributed by atoms with van der Waals surface area (Å²) in [6, 6.07) is 5.78. The van der Waals surface area contributed by atoms with Crippen molar-refractivity contribution in [1.82, 2.24) is 15.0 Å². The Morgan fingerprint density at radius 2 is 2.18 bits per heavy atom. The molecule has 7 heteroatoms. The molecule has 0 bridgehead atoms. The van der Waals surface area contributed by atoms with Gasteiger partial charge < -0.3 is 9.40 Å². The molecule has 22 heavy (non-hydrogen) atoms. The minimum Gasteiger partial charge on any atom is -0.306 e. The number of halogens is 3. The number of alkyl halides is 3. The molecule has 1 atom stereocenters. The Bertz CT molecular complexity index is 666. The van der Waals surface area contributed by atoms with Gasteiger partial charge in [0.1, 0.15) is 0 Å². The topological polar surface area (TPSA) is 39.1 Å². The van der Waals surface area contributed by atoms with Crippen LogP contribution in [0.4, 0.5) is 13.2 Å². The average Bonchev–Trinajstić information content (AvgIpc) is 2.97. The molecule has 1 aliphatic carbocycles. The van der Waals surface area contributed by atoms with E-state index in [1.54, 1.807) is 13.2 Å². The van der Waals surface area contributed by atoms with Crippen LogP contribution in [0.2, 0.25) is 0 Å². The number of aryl methyl sites for hydroxylation is 1. The molecule has 0 saturated heterocycles. The largest absolute Gasteiger partial charge is 0.434 e. The molecule has 1 unspecified atom stereocenters. The molecule has 1 aromatic carbocycles. The molecule has 0 saturated carbocycles. The minimum atomic E-state index is -4.42. The predicted octanol–water partition coefficient (Wildman–Crippen LogP) is 3.42. The van der Waals surface area contributed by atoms with Gasteiger partial charge >= 0.3 is 6.18 Å². The van der Waals surface area contributed by atoms with E-state index in [1.807, 2.05) is 12.1 Å². The van der Waals surface area contributed by atoms with Crippen molar-refractivity contribution in [3.63, 3.8) is 0 Å². The number of aromatic nitrogens is 2. The van der Waals surface area contributed by atoms with Gasteiger partial charge in [0.25, 0.3) is 0 Å². The van der Waals surface area contributed by atoms with Crippen molar-refractivity contribution >= 4 is 0 Å². The normalized spacial score (nSPS) is 18.3. The van der Waals surface area contributed by atoms with Crippen LogP contribution < -0.4 is 5.48 Å². The first-order valence-corrected chi connectivity index (χ1v) is 7.02. The van der Waals surface area contributed by atoms with E-state index in [-0.39, 0.29) is 6.04 Å². The summed E-state index contributed by atoms with van der Waals surface area (Å²) in [5.74, 6) is 0. The Balaban J connectivity index is 1.92. The number of fused-ring (bicyclic) bond motifs is 1. The van der Waals surface area contributed by atoms with E-state index in [1.165, 1.54) is 10.9 Å². The molecule has 4 nitrogen and oxygen atoms in total. The maximum Gasteiger partial charge on any atom is 0.434 e. The van der Waals surface area contributed by atoms with Crippen molar-refractivity contribution in [2.75, 3.05) is 7.11 Å². The Morgan fingerprint density at radius 1 is 1.36 bits per heavy atom. The molecule has 2 aromatic rings. The molecule has 1 heterocycles. The molecule has 0 aliphatic heterocycles. The Hall–Kier alpha value is -1.86.